The molecule has 232 valence electrons. The summed E-state index contributed by atoms with van der Waals surface area (Å²) in [6.07, 6.45) is 2.33. The molecular weight excluding hydrogens is 564 g/mol. The first-order valence-corrected chi connectivity index (χ1v) is 15.8. The number of ether oxygens (including phenoxy) is 1. The number of nitrogens with one attached hydrogen (secondary N) is 5. The molecule has 0 aliphatic carbocycles. The number of aliphatic hydroxyl groups is 2. The van der Waals surface area contributed by atoms with Crippen LogP contribution in [0.15, 0.2) is 6.33 Å². The highest BCUT2D eigenvalue weighted by Crippen LogP contribution is 2.35. The zero-order valence-corrected chi connectivity index (χ0v) is 24.6. The summed E-state index contributed by atoms with van der Waals surface area (Å²) in [6.45, 7) is 4.16. The van der Waals surface area contributed by atoms with Crippen LogP contribution in [-0.4, -0.2) is 109 Å². The number of rotatable bonds is 15. The Morgan fingerprint density at radius 3 is 2.86 bits per heavy atom. The number of unbranched alkanes of at least 4 members (excludes halogenated alkanes) is 2. The number of nitrogens with two attached hydrogens (primary N) is 1. The summed E-state index contributed by atoms with van der Waals surface area (Å²) < 4.78 is 7.66. The summed E-state index contributed by atoms with van der Waals surface area (Å²) in [6, 6.07) is 0.360. The number of anilines is 2. The third-order valence-electron chi connectivity index (χ3n) is 7.98. The number of urea groups is 1. The number of likely N-dealkylation sites (N-methyl/N-ethyl adjacent to an activating group) is 1. The maximum Gasteiger partial charge on any atom is 0.315 e. The predicted octanol–water partition coefficient (Wildman–Crippen LogP) is -0.329. The summed E-state index contributed by atoms with van der Waals surface area (Å²) >= 11 is 1.89. The van der Waals surface area contributed by atoms with Crippen molar-refractivity contribution < 1.29 is 24.5 Å². The number of fused-ring (bicyclic) bond motifs is 2. The summed E-state index contributed by atoms with van der Waals surface area (Å²) in [5.41, 5.74) is 6.81. The number of nitrogens with zero attached hydrogens (tertiary/aromatic N) is 4. The Kier molecular flexibility index (Phi) is 10.2. The number of aliphatic hydroxyl groups excluding tert-OH is 2. The topological polar surface area (TPSA) is 214 Å². The monoisotopic (exact) mass is 606 g/mol. The van der Waals surface area contributed by atoms with Crippen LogP contribution in [0, 0.1) is 0 Å². The summed E-state index contributed by atoms with van der Waals surface area (Å²) in [7, 11) is 0. The Morgan fingerprint density at radius 2 is 2.02 bits per heavy atom. The number of imidazole rings is 1. The molecule has 0 aromatic carbocycles. The van der Waals surface area contributed by atoms with Crippen molar-refractivity contribution in [3.63, 3.8) is 0 Å². The molecule has 15 nitrogen and oxygen atoms in total. The molecule has 42 heavy (non-hydrogen) atoms. The summed E-state index contributed by atoms with van der Waals surface area (Å²) in [4.78, 5) is 36.7. The normalized spacial score (nSPS) is 28.5. The van der Waals surface area contributed by atoms with Crippen molar-refractivity contribution in [1.29, 1.82) is 0 Å². The molecule has 2 aromatic heterocycles. The van der Waals surface area contributed by atoms with Gasteiger partial charge in [0, 0.05) is 37.1 Å². The highest BCUT2D eigenvalue weighted by Gasteiger charge is 2.45. The van der Waals surface area contributed by atoms with E-state index < -0.39 is 24.5 Å². The first kappa shape index (κ1) is 30.5. The number of thioether (sulfide) groups is 1. The van der Waals surface area contributed by atoms with Crippen molar-refractivity contribution in [2.75, 3.05) is 43.0 Å². The lowest BCUT2D eigenvalue weighted by atomic mass is 10.0. The van der Waals surface area contributed by atoms with Crippen LogP contribution in [0.3, 0.4) is 0 Å². The van der Waals surface area contributed by atoms with Gasteiger partial charge in [-0.3, -0.25) is 9.36 Å². The van der Waals surface area contributed by atoms with E-state index in [0.717, 1.165) is 37.9 Å². The van der Waals surface area contributed by atoms with Gasteiger partial charge in [0.1, 0.15) is 24.6 Å². The number of amides is 3. The molecule has 0 spiro atoms. The predicted molar refractivity (Wildman–Crippen MR) is 159 cm³/mol. The van der Waals surface area contributed by atoms with Crippen LogP contribution in [-0.2, 0) is 9.53 Å². The van der Waals surface area contributed by atoms with Gasteiger partial charge in [0.2, 0.25) is 11.9 Å². The molecule has 3 fully saturated rings. The summed E-state index contributed by atoms with van der Waals surface area (Å²) in [5.74, 6) is 1.60. The number of carbonyl (C=O) groups is 2. The second-order valence-corrected chi connectivity index (χ2v) is 12.2. The highest BCUT2D eigenvalue weighted by atomic mass is 32.2. The van der Waals surface area contributed by atoms with Crippen LogP contribution in [0.2, 0.25) is 0 Å². The number of hydrogen-bond donors (Lipinski definition) is 8. The fraction of sp³-hybridized carbons (Fsp3) is 0.731. The van der Waals surface area contributed by atoms with Gasteiger partial charge in [-0.2, -0.15) is 11.8 Å². The van der Waals surface area contributed by atoms with Gasteiger partial charge < -0.3 is 47.3 Å². The SMILES string of the molecule is CCNC[C@H]1O[C@@H](n2c(NCCCCNC(=O)CCCC[C@@H]3SC[C@@H]4NC(=O)N[C@@H]43)nc3c(N)ncnc32)[C@H](O)[C@@H]1O. The molecule has 5 heterocycles. The van der Waals surface area contributed by atoms with E-state index in [0.29, 0.717) is 55.0 Å². The van der Waals surface area contributed by atoms with E-state index in [2.05, 4.69) is 41.5 Å². The van der Waals surface area contributed by atoms with E-state index in [4.69, 9.17) is 10.5 Å². The Labute approximate surface area is 248 Å². The zero-order valence-electron chi connectivity index (χ0n) is 23.8. The number of aromatic nitrogens is 4. The van der Waals surface area contributed by atoms with Crippen molar-refractivity contribution in [1.82, 2.24) is 40.8 Å². The molecule has 0 unspecified atom stereocenters. The average Bonchev–Trinajstić information content (AvgIpc) is 3.71. The van der Waals surface area contributed by atoms with Gasteiger partial charge in [-0.1, -0.05) is 13.3 Å². The number of nitrogen functional groups attached to an aromatic ring is 1. The molecule has 3 amide bonds. The smallest absolute Gasteiger partial charge is 0.315 e. The molecule has 3 aliphatic heterocycles. The Balaban J connectivity index is 1.04. The molecule has 0 bridgehead atoms. The third kappa shape index (κ3) is 6.83. The molecule has 0 radical (unpaired) electrons. The molecule has 3 aliphatic rings. The van der Waals surface area contributed by atoms with Gasteiger partial charge in [0.15, 0.2) is 23.2 Å². The van der Waals surface area contributed by atoms with Crippen LogP contribution in [0.1, 0.15) is 51.7 Å². The van der Waals surface area contributed by atoms with Gasteiger partial charge in [-0.05, 0) is 32.2 Å². The van der Waals surface area contributed by atoms with Gasteiger partial charge in [0.25, 0.3) is 0 Å². The lowest BCUT2D eigenvalue weighted by molar-refractivity contribution is -0.121. The Hall–Kier alpha value is -2.92. The average molecular weight is 607 g/mol. The van der Waals surface area contributed by atoms with Crippen molar-refractivity contribution in [3.05, 3.63) is 6.33 Å². The quantitative estimate of drug-likeness (QED) is 0.0967. The fourth-order valence-electron chi connectivity index (χ4n) is 5.73. The van der Waals surface area contributed by atoms with Crippen LogP contribution < -0.4 is 32.3 Å². The van der Waals surface area contributed by atoms with Crippen molar-refractivity contribution in [2.45, 2.75) is 87.3 Å². The third-order valence-corrected chi connectivity index (χ3v) is 9.49. The second kappa shape index (κ2) is 14.0. The van der Waals surface area contributed by atoms with Crippen molar-refractivity contribution in [2.24, 2.45) is 0 Å². The van der Waals surface area contributed by atoms with Crippen LogP contribution in [0.25, 0.3) is 11.2 Å². The molecule has 0 saturated carbocycles. The van der Waals surface area contributed by atoms with Crippen LogP contribution in [0.5, 0.6) is 0 Å². The minimum absolute atomic E-state index is 0.0460. The Morgan fingerprint density at radius 1 is 1.19 bits per heavy atom. The highest BCUT2D eigenvalue weighted by molar-refractivity contribution is 8.00. The number of hydrogen-bond acceptors (Lipinski definition) is 12. The largest absolute Gasteiger partial charge is 0.387 e. The molecular formula is C26H42N10O5S. The van der Waals surface area contributed by atoms with Crippen molar-refractivity contribution >= 4 is 46.6 Å². The Bertz CT molecular complexity index is 1230. The first-order valence-electron chi connectivity index (χ1n) is 14.8. The van der Waals surface area contributed by atoms with E-state index in [1.165, 1.54) is 6.33 Å². The van der Waals surface area contributed by atoms with Gasteiger partial charge in [0.05, 0.1) is 12.1 Å². The fourth-order valence-corrected chi connectivity index (χ4v) is 7.27. The maximum absolute atomic E-state index is 12.3. The molecule has 9 N–H and O–H groups in total. The number of carbonyl (C=O) groups excluding carboxylic acids is 2. The minimum atomic E-state index is -1.19. The first-order chi connectivity index (χ1) is 20.4. The van der Waals surface area contributed by atoms with E-state index in [-0.39, 0.29) is 29.8 Å². The van der Waals surface area contributed by atoms with Crippen LogP contribution in [0.4, 0.5) is 16.6 Å². The minimum Gasteiger partial charge on any atom is -0.387 e. The zero-order chi connectivity index (χ0) is 29.6. The lowest BCUT2D eigenvalue weighted by Gasteiger charge is -2.20. The van der Waals surface area contributed by atoms with Gasteiger partial charge in [-0.25, -0.2) is 19.7 Å². The second-order valence-electron chi connectivity index (χ2n) is 10.9. The summed E-state index contributed by atoms with van der Waals surface area (Å²) in [5, 5.41) is 37.1. The molecule has 5 rings (SSSR count). The van der Waals surface area contributed by atoms with Crippen LogP contribution >= 0.6 is 11.8 Å². The van der Waals surface area contributed by atoms with E-state index in [1.54, 1.807) is 4.57 Å². The molecule has 2 aromatic rings. The van der Waals surface area contributed by atoms with E-state index in [1.807, 2.05) is 18.7 Å². The molecule has 16 heteroatoms. The maximum atomic E-state index is 12.3. The van der Waals surface area contributed by atoms with E-state index >= 15 is 0 Å². The van der Waals surface area contributed by atoms with Gasteiger partial charge in [-0.15, -0.1) is 0 Å². The molecule has 7 atom stereocenters. The van der Waals surface area contributed by atoms with Gasteiger partial charge >= 0.3 is 6.03 Å². The van der Waals surface area contributed by atoms with E-state index in [9.17, 15) is 19.8 Å². The van der Waals surface area contributed by atoms with Crippen molar-refractivity contribution in [3.8, 4) is 0 Å². The molecule has 3 saturated heterocycles. The standard InChI is InChI=1S/C26H42N10O5S/c1-2-28-11-15-20(38)21(39)24(41-15)36-23-19(22(27)31-13-32-23)34-25(36)30-10-6-5-9-29-17(37)8-4-3-7-16-18-14(12-42-16)33-26(40)35-18/h13-16,18,20-21,24,28,38-39H,2-12H2,1H3,(H,29,37)(H,30,34)(H2,27,31,32)(H2,33,35,40)/t14-,15+,16-,18-,20+,21+,24+/m0/s1. The lowest BCUT2D eigenvalue weighted by Crippen LogP contribution is -2.37.